The summed E-state index contributed by atoms with van der Waals surface area (Å²) in [6.07, 6.45) is 1.33. The highest BCUT2D eigenvalue weighted by molar-refractivity contribution is 5.17. The van der Waals surface area contributed by atoms with E-state index in [4.69, 9.17) is 23.7 Å². The van der Waals surface area contributed by atoms with Gasteiger partial charge in [-0.3, -0.25) is 0 Å². The Kier molecular flexibility index (Phi) is 8.40. The molecule has 1 N–H and O–H groups in total. The zero-order valence-electron chi connectivity index (χ0n) is 22.3. The van der Waals surface area contributed by atoms with Crippen LogP contribution >= 0.6 is 0 Å². The van der Waals surface area contributed by atoms with Crippen molar-refractivity contribution >= 4 is 0 Å². The van der Waals surface area contributed by atoms with Crippen LogP contribution in [0.25, 0.3) is 0 Å². The molecule has 1 aliphatic heterocycles. The predicted octanol–water partition coefficient (Wildman–Crippen LogP) is 5.56. The van der Waals surface area contributed by atoms with Gasteiger partial charge in [0, 0.05) is 12.8 Å². The van der Waals surface area contributed by atoms with Crippen molar-refractivity contribution in [3.8, 4) is 0 Å². The smallest absolute Gasteiger partial charge is 0.169 e. The highest BCUT2D eigenvalue weighted by Crippen LogP contribution is 2.47. The molecule has 3 aromatic carbocycles. The molecule has 0 bridgehead atoms. The summed E-state index contributed by atoms with van der Waals surface area (Å²) >= 11 is 0. The highest BCUT2D eigenvalue weighted by Gasteiger charge is 2.61. The first kappa shape index (κ1) is 26.6. The fourth-order valence-electron chi connectivity index (χ4n) is 6.13. The third-order valence-corrected chi connectivity index (χ3v) is 8.14. The minimum Gasteiger partial charge on any atom is -0.387 e. The van der Waals surface area contributed by atoms with Gasteiger partial charge in [-0.1, -0.05) is 97.4 Å². The SMILES string of the molecule is O[C@H]1[C@@H](OCc2ccccc2)[C@H](OCc2ccccc2)[C@@H]2OC3(CCCCC3)O[C@@H]2[C@H]1OCc1ccccc1. The zero-order chi connectivity index (χ0) is 26.5. The second kappa shape index (κ2) is 12.3. The van der Waals surface area contributed by atoms with Crippen molar-refractivity contribution < 1.29 is 28.8 Å². The molecule has 3 fully saturated rings. The van der Waals surface area contributed by atoms with E-state index in [9.17, 15) is 5.11 Å². The molecule has 6 atom stereocenters. The summed E-state index contributed by atoms with van der Waals surface area (Å²) in [5.74, 6) is -0.662. The van der Waals surface area contributed by atoms with Crippen LogP contribution in [-0.2, 0) is 43.5 Å². The largest absolute Gasteiger partial charge is 0.387 e. The van der Waals surface area contributed by atoms with E-state index in [0.717, 1.165) is 42.4 Å². The summed E-state index contributed by atoms with van der Waals surface area (Å²) in [6, 6.07) is 30.1. The molecule has 0 amide bonds. The quantitative estimate of drug-likeness (QED) is 0.391. The van der Waals surface area contributed by atoms with E-state index in [2.05, 4.69) is 0 Å². The molecule has 0 aromatic heterocycles. The van der Waals surface area contributed by atoms with Crippen LogP contribution in [0.5, 0.6) is 0 Å². The number of benzene rings is 3. The second-order valence-electron chi connectivity index (χ2n) is 10.9. The van der Waals surface area contributed by atoms with E-state index in [1.807, 2.05) is 91.0 Å². The Bertz CT molecular complexity index is 1150. The maximum atomic E-state index is 11.8. The van der Waals surface area contributed by atoms with Crippen molar-refractivity contribution in [2.24, 2.45) is 0 Å². The maximum Gasteiger partial charge on any atom is 0.169 e. The topological polar surface area (TPSA) is 66.4 Å². The van der Waals surface area contributed by atoms with E-state index < -0.39 is 42.4 Å². The van der Waals surface area contributed by atoms with Crippen LogP contribution in [-0.4, -0.2) is 47.5 Å². The lowest BCUT2D eigenvalue weighted by atomic mass is 9.84. The van der Waals surface area contributed by atoms with Gasteiger partial charge in [0.25, 0.3) is 0 Å². The normalized spacial score (nSPS) is 29.8. The first-order chi connectivity index (χ1) is 19.2. The van der Waals surface area contributed by atoms with Crippen LogP contribution < -0.4 is 0 Å². The Balaban J connectivity index is 1.29. The number of fused-ring (bicyclic) bond motifs is 1. The van der Waals surface area contributed by atoms with E-state index in [1.165, 1.54) is 6.42 Å². The molecule has 6 rings (SSSR count). The Morgan fingerprint density at radius 2 is 0.974 bits per heavy atom. The molecule has 2 aliphatic carbocycles. The number of hydrogen-bond donors (Lipinski definition) is 1. The van der Waals surface area contributed by atoms with Crippen molar-refractivity contribution in [3.63, 3.8) is 0 Å². The van der Waals surface area contributed by atoms with Gasteiger partial charge in [0.15, 0.2) is 5.79 Å². The number of aliphatic hydroxyl groups is 1. The average molecular weight is 531 g/mol. The summed E-state index contributed by atoms with van der Waals surface area (Å²) in [5, 5.41) is 11.8. The third-order valence-electron chi connectivity index (χ3n) is 8.14. The van der Waals surface area contributed by atoms with Crippen LogP contribution in [0.2, 0.25) is 0 Å². The van der Waals surface area contributed by atoms with Gasteiger partial charge in [0.05, 0.1) is 19.8 Å². The van der Waals surface area contributed by atoms with Crippen LogP contribution in [0.15, 0.2) is 91.0 Å². The Hall–Kier alpha value is -2.58. The molecule has 0 radical (unpaired) electrons. The highest BCUT2D eigenvalue weighted by atomic mass is 16.8. The number of rotatable bonds is 9. The van der Waals surface area contributed by atoms with E-state index in [1.54, 1.807) is 0 Å². The average Bonchev–Trinajstić information content (AvgIpc) is 3.34. The van der Waals surface area contributed by atoms with Crippen molar-refractivity contribution in [1.29, 1.82) is 0 Å². The van der Waals surface area contributed by atoms with Gasteiger partial charge < -0.3 is 28.8 Å². The van der Waals surface area contributed by atoms with Gasteiger partial charge >= 0.3 is 0 Å². The van der Waals surface area contributed by atoms with Crippen molar-refractivity contribution in [1.82, 2.24) is 0 Å². The molecule has 1 heterocycles. The first-order valence-corrected chi connectivity index (χ1v) is 14.2. The Morgan fingerprint density at radius 3 is 1.46 bits per heavy atom. The van der Waals surface area contributed by atoms with Crippen molar-refractivity contribution in [2.75, 3.05) is 0 Å². The van der Waals surface area contributed by atoms with Gasteiger partial charge in [-0.15, -0.1) is 0 Å². The van der Waals surface area contributed by atoms with Crippen molar-refractivity contribution in [2.45, 2.75) is 94.3 Å². The van der Waals surface area contributed by atoms with E-state index in [-0.39, 0.29) is 0 Å². The first-order valence-electron chi connectivity index (χ1n) is 14.2. The van der Waals surface area contributed by atoms with Crippen LogP contribution in [0.3, 0.4) is 0 Å². The van der Waals surface area contributed by atoms with Crippen LogP contribution in [0, 0.1) is 0 Å². The van der Waals surface area contributed by atoms with Gasteiger partial charge in [-0.05, 0) is 29.5 Å². The monoisotopic (exact) mass is 530 g/mol. The fraction of sp³-hybridized carbons (Fsp3) is 0.455. The van der Waals surface area contributed by atoms with Crippen LogP contribution in [0.4, 0.5) is 0 Å². The summed E-state index contributed by atoms with van der Waals surface area (Å²) in [6.45, 7) is 1.10. The molecule has 6 heteroatoms. The molecule has 206 valence electrons. The summed E-state index contributed by atoms with van der Waals surface area (Å²) in [5.41, 5.74) is 3.12. The van der Waals surface area contributed by atoms with Gasteiger partial charge in [-0.2, -0.15) is 0 Å². The summed E-state index contributed by atoms with van der Waals surface area (Å²) in [7, 11) is 0. The lowest BCUT2D eigenvalue weighted by Gasteiger charge is -2.44. The van der Waals surface area contributed by atoms with Crippen molar-refractivity contribution in [3.05, 3.63) is 108 Å². The molecule has 39 heavy (non-hydrogen) atoms. The van der Waals surface area contributed by atoms with E-state index in [0.29, 0.717) is 19.8 Å². The molecule has 3 aromatic rings. The third kappa shape index (κ3) is 6.12. The fourth-order valence-corrected chi connectivity index (χ4v) is 6.13. The standard InChI is InChI=1S/C33H38O6/c34-27-28(35-21-24-13-5-1-6-14-24)30(37-23-26-17-9-3-10-18-26)32-31(38-33(39-32)19-11-4-12-20-33)29(27)36-22-25-15-7-2-8-16-25/h1-3,5-10,13-18,27-32,34H,4,11-12,19-23H2/t27-,28+,29-,30-,31+,32-/m0/s1. The second-order valence-corrected chi connectivity index (χ2v) is 10.9. The molecule has 1 spiro atoms. The van der Waals surface area contributed by atoms with Gasteiger partial charge in [-0.25, -0.2) is 0 Å². The maximum absolute atomic E-state index is 11.8. The Labute approximate surface area is 230 Å². The Morgan fingerprint density at radius 1 is 0.564 bits per heavy atom. The lowest BCUT2D eigenvalue weighted by molar-refractivity contribution is -0.238. The van der Waals surface area contributed by atoms with Crippen LogP contribution in [0.1, 0.15) is 48.8 Å². The summed E-state index contributed by atoms with van der Waals surface area (Å²) in [4.78, 5) is 0. The molecular formula is C33H38O6. The molecule has 3 aliphatic rings. The number of aliphatic hydroxyl groups excluding tert-OH is 1. The lowest BCUT2D eigenvalue weighted by Crippen LogP contribution is -2.64. The molecule has 2 saturated carbocycles. The predicted molar refractivity (Wildman–Crippen MR) is 147 cm³/mol. The summed E-state index contributed by atoms with van der Waals surface area (Å²) < 4.78 is 32.9. The van der Waals surface area contributed by atoms with Gasteiger partial charge in [0.2, 0.25) is 0 Å². The minimum atomic E-state index is -0.957. The number of ether oxygens (including phenoxy) is 5. The molecule has 0 unspecified atom stereocenters. The van der Waals surface area contributed by atoms with Gasteiger partial charge in [0.1, 0.15) is 36.6 Å². The molecule has 1 saturated heterocycles. The zero-order valence-corrected chi connectivity index (χ0v) is 22.3. The van der Waals surface area contributed by atoms with E-state index >= 15 is 0 Å². The minimum absolute atomic E-state index is 0.350. The molecular weight excluding hydrogens is 492 g/mol. The number of hydrogen-bond acceptors (Lipinski definition) is 6. The molecule has 6 nitrogen and oxygen atoms in total.